The Morgan fingerprint density at radius 3 is 3.11 bits per heavy atom. The maximum absolute atomic E-state index is 5.75. The quantitative estimate of drug-likeness (QED) is 0.675. The molecule has 1 aliphatic heterocycles. The number of rotatable bonds is 6. The van der Waals surface area contributed by atoms with Crippen LogP contribution in [0.25, 0.3) is 0 Å². The van der Waals surface area contributed by atoms with Gasteiger partial charge in [0, 0.05) is 24.0 Å². The van der Waals surface area contributed by atoms with Crippen LogP contribution in [0.3, 0.4) is 0 Å². The fourth-order valence-corrected chi connectivity index (χ4v) is 3.19. The van der Waals surface area contributed by atoms with Crippen LogP contribution in [-0.2, 0) is 12.8 Å². The molecule has 1 unspecified atom stereocenters. The third-order valence-corrected chi connectivity index (χ3v) is 4.47. The lowest BCUT2D eigenvalue weighted by Gasteiger charge is -2.16. The maximum atomic E-state index is 5.75. The van der Waals surface area contributed by atoms with Crippen molar-refractivity contribution in [1.82, 2.24) is 5.32 Å². The zero-order valence-electron chi connectivity index (χ0n) is 10.8. The zero-order chi connectivity index (χ0) is 12.8. The number of aryl methyl sites for hydroxylation is 1. The van der Waals surface area contributed by atoms with E-state index in [0.717, 1.165) is 19.5 Å². The minimum Gasteiger partial charge on any atom is -0.329 e. The number of hydrogen-bond acceptors (Lipinski definition) is 4. The van der Waals surface area contributed by atoms with E-state index in [9.17, 15) is 0 Å². The van der Waals surface area contributed by atoms with E-state index in [1.165, 1.54) is 34.6 Å². The van der Waals surface area contributed by atoms with Crippen LogP contribution < -0.4 is 16.8 Å². The van der Waals surface area contributed by atoms with E-state index in [0.29, 0.717) is 6.54 Å². The first-order valence-electron chi connectivity index (χ1n) is 6.70. The van der Waals surface area contributed by atoms with E-state index in [-0.39, 0.29) is 6.04 Å². The molecule has 0 saturated heterocycles. The lowest BCUT2D eigenvalue weighted by Crippen LogP contribution is -2.40. The Bertz CT molecular complexity index is 381. The molecule has 100 valence electrons. The summed E-state index contributed by atoms with van der Waals surface area (Å²) in [5, 5.41) is 3.35. The van der Waals surface area contributed by atoms with Crippen LogP contribution in [0.4, 0.5) is 0 Å². The number of benzene rings is 1. The summed E-state index contributed by atoms with van der Waals surface area (Å²) in [6, 6.07) is 6.97. The third kappa shape index (κ3) is 3.99. The van der Waals surface area contributed by atoms with Crippen LogP contribution in [0, 0.1) is 0 Å². The number of thioether (sulfide) groups is 1. The van der Waals surface area contributed by atoms with Crippen molar-refractivity contribution in [2.45, 2.75) is 30.2 Å². The van der Waals surface area contributed by atoms with Crippen molar-refractivity contribution in [3.05, 3.63) is 29.3 Å². The van der Waals surface area contributed by atoms with Gasteiger partial charge in [0.2, 0.25) is 0 Å². The van der Waals surface area contributed by atoms with Gasteiger partial charge >= 0.3 is 0 Å². The molecule has 4 heteroatoms. The highest BCUT2D eigenvalue weighted by molar-refractivity contribution is 7.99. The standard InChI is InChI=1S/C14H23N3S/c15-9-13(16)10-17-6-5-11-3-4-14-12(8-11)2-1-7-18-14/h3-4,8,13,17H,1-2,5-7,9-10,15-16H2. The van der Waals surface area contributed by atoms with Gasteiger partial charge < -0.3 is 16.8 Å². The summed E-state index contributed by atoms with van der Waals surface area (Å²) in [7, 11) is 0. The second-order valence-corrected chi connectivity index (χ2v) is 5.98. The highest BCUT2D eigenvalue weighted by Crippen LogP contribution is 2.30. The summed E-state index contributed by atoms with van der Waals surface area (Å²) in [4.78, 5) is 1.48. The molecule has 0 radical (unpaired) electrons. The molecule has 2 rings (SSSR count). The fourth-order valence-electron chi connectivity index (χ4n) is 2.17. The van der Waals surface area contributed by atoms with Gasteiger partial charge in [0.25, 0.3) is 0 Å². The Hall–Kier alpha value is -0.550. The molecule has 0 aromatic heterocycles. The predicted molar refractivity (Wildman–Crippen MR) is 79.1 cm³/mol. The molecule has 1 atom stereocenters. The van der Waals surface area contributed by atoms with E-state index in [1.54, 1.807) is 0 Å². The van der Waals surface area contributed by atoms with E-state index in [4.69, 9.17) is 11.5 Å². The maximum Gasteiger partial charge on any atom is 0.0290 e. The third-order valence-electron chi connectivity index (χ3n) is 3.27. The average Bonchev–Trinajstić information content (AvgIpc) is 2.43. The summed E-state index contributed by atoms with van der Waals surface area (Å²) in [5.74, 6) is 1.27. The highest BCUT2D eigenvalue weighted by atomic mass is 32.2. The van der Waals surface area contributed by atoms with Gasteiger partial charge in [-0.2, -0.15) is 0 Å². The van der Waals surface area contributed by atoms with Crippen LogP contribution in [0.15, 0.2) is 23.1 Å². The molecule has 0 bridgehead atoms. The second-order valence-electron chi connectivity index (χ2n) is 4.84. The van der Waals surface area contributed by atoms with Crippen LogP contribution in [0.2, 0.25) is 0 Å². The zero-order valence-corrected chi connectivity index (χ0v) is 11.6. The first-order valence-corrected chi connectivity index (χ1v) is 7.69. The first kappa shape index (κ1) is 13.9. The molecule has 1 aromatic carbocycles. The Labute approximate surface area is 114 Å². The van der Waals surface area contributed by atoms with E-state index < -0.39 is 0 Å². The largest absolute Gasteiger partial charge is 0.329 e. The van der Waals surface area contributed by atoms with Crippen LogP contribution >= 0.6 is 11.8 Å². The molecule has 0 spiro atoms. The molecule has 5 N–H and O–H groups in total. The molecule has 1 aromatic rings. The van der Waals surface area contributed by atoms with Crippen molar-refractivity contribution in [1.29, 1.82) is 0 Å². The number of fused-ring (bicyclic) bond motifs is 1. The van der Waals surface area contributed by atoms with Gasteiger partial charge in [-0.05, 0) is 48.8 Å². The monoisotopic (exact) mass is 265 g/mol. The highest BCUT2D eigenvalue weighted by Gasteiger charge is 2.09. The Kier molecular flexibility index (Phi) is 5.50. The van der Waals surface area contributed by atoms with Gasteiger partial charge in [-0.15, -0.1) is 11.8 Å². The lowest BCUT2D eigenvalue weighted by atomic mass is 10.0. The molecule has 0 aliphatic carbocycles. The van der Waals surface area contributed by atoms with Crippen LogP contribution in [-0.4, -0.2) is 31.4 Å². The van der Waals surface area contributed by atoms with Crippen molar-refractivity contribution >= 4 is 11.8 Å². The van der Waals surface area contributed by atoms with Crippen LogP contribution in [0.5, 0.6) is 0 Å². The fraction of sp³-hybridized carbons (Fsp3) is 0.571. The van der Waals surface area contributed by atoms with Gasteiger partial charge in [-0.3, -0.25) is 0 Å². The van der Waals surface area contributed by atoms with Crippen molar-refractivity contribution in [3.8, 4) is 0 Å². The number of hydrogen-bond donors (Lipinski definition) is 3. The van der Waals surface area contributed by atoms with Crippen LogP contribution in [0.1, 0.15) is 17.5 Å². The molecule has 18 heavy (non-hydrogen) atoms. The SMILES string of the molecule is NCC(N)CNCCc1ccc2c(c1)CCCS2. The average molecular weight is 265 g/mol. The molecule has 0 saturated carbocycles. The minimum atomic E-state index is 0.0740. The lowest BCUT2D eigenvalue weighted by molar-refractivity contribution is 0.583. The molecular formula is C14H23N3S. The van der Waals surface area contributed by atoms with Gasteiger partial charge in [0.1, 0.15) is 0 Å². The second kappa shape index (κ2) is 7.14. The predicted octanol–water partition coefficient (Wildman–Crippen LogP) is 1.14. The molecule has 3 nitrogen and oxygen atoms in total. The summed E-state index contributed by atoms with van der Waals surface area (Å²) < 4.78 is 0. The topological polar surface area (TPSA) is 64.1 Å². The number of nitrogens with one attached hydrogen (secondary N) is 1. The Balaban J connectivity index is 1.79. The van der Waals surface area contributed by atoms with Gasteiger partial charge in [0.05, 0.1) is 0 Å². The van der Waals surface area contributed by atoms with Gasteiger partial charge in [0.15, 0.2) is 0 Å². The van der Waals surface area contributed by atoms with Gasteiger partial charge in [-0.25, -0.2) is 0 Å². The van der Waals surface area contributed by atoms with Crippen molar-refractivity contribution < 1.29 is 0 Å². The van der Waals surface area contributed by atoms with Gasteiger partial charge in [-0.1, -0.05) is 12.1 Å². The Morgan fingerprint density at radius 2 is 2.28 bits per heavy atom. The van der Waals surface area contributed by atoms with Crippen molar-refractivity contribution in [2.75, 3.05) is 25.4 Å². The smallest absolute Gasteiger partial charge is 0.0290 e. The summed E-state index contributed by atoms with van der Waals surface area (Å²) >= 11 is 1.99. The number of nitrogens with two attached hydrogens (primary N) is 2. The molecule has 0 amide bonds. The molecule has 1 aliphatic rings. The van der Waals surface area contributed by atoms with E-state index >= 15 is 0 Å². The minimum absolute atomic E-state index is 0.0740. The summed E-state index contributed by atoms with van der Waals surface area (Å²) in [5.41, 5.74) is 14.2. The normalized spacial score (nSPS) is 16.3. The summed E-state index contributed by atoms with van der Waals surface area (Å²) in [6.45, 7) is 2.32. The van der Waals surface area contributed by atoms with Crippen molar-refractivity contribution in [3.63, 3.8) is 0 Å². The molecule has 1 heterocycles. The Morgan fingerprint density at radius 1 is 1.39 bits per heavy atom. The molecular weight excluding hydrogens is 242 g/mol. The summed E-state index contributed by atoms with van der Waals surface area (Å²) in [6.07, 6.45) is 3.61. The first-order chi connectivity index (χ1) is 8.79. The van der Waals surface area contributed by atoms with E-state index in [2.05, 4.69) is 23.5 Å². The molecule has 0 fully saturated rings. The van der Waals surface area contributed by atoms with E-state index in [1.807, 2.05) is 11.8 Å². The van der Waals surface area contributed by atoms with Crippen molar-refractivity contribution in [2.24, 2.45) is 11.5 Å².